The maximum absolute atomic E-state index is 12.2. The Hall–Kier alpha value is -4.51. The molecule has 10 nitrogen and oxygen atoms in total. The van der Waals surface area contributed by atoms with E-state index in [4.69, 9.17) is 9.15 Å². The summed E-state index contributed by atoms with van der Waals surface area (Å²) in [6, 6.07) is 18.9. The lowest BCUT2D eigenvalue weighted by Crippen LogP contribution is -2.19. The molecule has 11 heteroatoms. The van der Waals surface area contributed by atoms with E-state index in [1.807, 2.05) is 18.2 Å². The summed E-state index contributed by atoms with van der Waals surface area (Å²) in [5, 5.41) is 15.0. The summed E-state index contributed by atoms with van der Waals surface area (Å²) in [5.74, 6) is -0.585. The molecule has 0 saturated carbocycles. The second-order valence-corrected chi connectivity index (χ2v) is 7.72. The number of amides is 1. The summed E-state index contributed by atoms with van der Waals surface area (Å²) in [7, 11) is 0. The fourth-order valence-electron chi connectivity index (χ4n) is 2.76. The smallest absolute Gasteiger partial charge is 0.343 e. The van der Waals surface area contributed by atoms with Crippen molar-refractivity contribution >= 4 is 46.6 Å². The number of ether oxygens (including phenoxy) is 1. The maximum Gasteiger partial charge on any atom is 0.343 e. The highest BCUT2D eigenvalue weighted by Crippen LogP contribution is 2.22. The number of nitro groups is 1. The van der Waals surface area contributed by atoms with Crippen LogP contribution in [0.2, 0.25) is 0 Å². The number of benzene rings is 3. The van der Waals surface area contributed by atoms with Gasteiger partial charge >= 0.3 is 5.97 Å². The van der Waals surface area contributed by atoms with Gasteiger partial charge in [-0.15, -0.1) is 0 Å². The molecule has 3 aromatic carbocycles. The average Bonchev–Trinajstić information content (AvgIpc) is 3.27. The number of carbonyl (C=O) groups is 2. The van der Waals surface area contributed by atoms with E-state index < -0.39 is 10.9 Å². The number of hydrogen-bond acceptors (Lipinski definition) is 9. The van der Waals surface area contributed by atoms with Crippen molar-refractivity contribution in [2.24, 2.45) is 5.10 Å². The number of nitro benzene ring substituents is 1. The van der Waals surface area contributed by atoms with Crippen LogP contribution in [0, 0.1) is 10.1 Å². The van der Waals surface area contributed by atoms with Crippen LogP contribution in [0.4, 0.5) is 5.69 Å². The van der Waals surface area contributed by atoms with Gasteiger partial charge in [0.05, 0.1) is 22.5 Å². The van der Waals surface area contributed by atoms with Crippen LogP contribution in [0.5, 0.6) is 5.75 Å². The lowest BCUT2D eigenvalue weighted by molar-refractivity contribution is -0.384. The third-order valence-corrected chi connectivity index (χ3v) is 5.24. The molecule has 0 aliphatic rings. The number of fused-ring (bicyclic) bond motifs is 1. The van der Waals surface area contributed by atoms with Gasteiger partial charge < -0.3 is 9.15 Å². The second-order valence-electron chi connectivity index (χ2n) is 6.79. The average molecular weight is 476 g/mol. The van der Waals surface area contributed by atoms with Gasteiger partial charge in [0.1, 0.15) is 11.3 Å². The van der Waals surface area contributed by atoms with Crippen LogP contribution in [0.25, 0.3) is 11.1 Å². The molecule has 34 heavy (non-hydrogen) atoms. The number of hydrazone groups is 1. The predicted octanol–water partition coefficient (Wildman–Crippen LogP) is 4.20. The number of oxazole rings is 1. The summed E-state index contributed by atoms with van der Waals surface area (Å²) < 4.78 is 10.8. The Balaban J connectivity index is 1.24. The van der Waals surface area contributed by atoms with Crippen molar-refractivity contribution in [1.82, 2.24) is 10.4 Å². The van der Waals surface area contributed by atoms with Gasteiger partial charge in [-0.25, -0.2) is 15.2 Å². The lowest BCUT2D eigenvalue weighted by atomic mass is 10.2. The molecule has 1 amide bonds. The first-order chi connectivity index (χ1) is 16.5. The number of thioether (sulfide) groups is 1. The molecule has 0 bridgehead atoms. The molecule has 0 atom stereocenters. The van der Waals surface area contributed by atoms with E-state index in [2.05, 4.69) is 15.5 Å². The number of carbonyl (C=O) groups excluding carboxylic acids is 2. The van der Waals surface area contributed by atoms with Crippen molar-refractivity contribution in [2.45, 2.75) is 5.22 Å². The van der Waals surface area contributed by atoms with Crippen LogP contribution in [-0.2, 0) is 4.79 Å². The zero-order valence-corrected chi connectivity index (χ0v) is 18.2. The molecule has 1 N–H and O–H groups in total. The zero-order valence-electron chi connectivity index (χ0n) is 17.4. The minimum atomic E-state index is -0.639. The van der Waals surface area contributed by atoms with Gasteiger partial charge in [0.15, 0.2) is 5.58 Å². The van der Waals surface area contributed by atoms with Crippen molar-refractivity contribution in [1.29, 1.82) is 0 Å². The van der Waals surface area contributed by atoms with Gasteiger partial charge in [0.25, 0.3) is 16.8 Å². The zero-order chi connectivity index (χ0) is 23.9. The highest BCUT2D eigenvalue weighted by Gasteiger charge is 2.12. The van der Waals surface area contributed by atoms with Crippen LogP contribution >= 0.6 is 11.8 Å². The van der Waals surface area contributed by atoms with E-state index in [1.165, 1.54) is 30.5 Å². The Labute approximate surface area is 196 Å². The highest BCUT2D eigenvalue weighted by atomic mass is 32.2. The van der Waals surface area contributed by atoms with E-state index in [0.29, 0.717) is 22.1 Å². The molecule has 170 valence electrons. The van der Waals surface area contributed by atoms with Gasteiger partial charge in [-0.05, 0) is 54.1 Å². The van der Waals surface area contributed by atoms with Gasteiger partial charge in [0, 0.05) is 12.1 Å². The fraction of sp³-hybridized carbons (Fsp3) is 0.0435. The van der Waals surface area contributed by atoms with Crippen molar-refractivity contribution in [3.05, 3.63) is 94.0 Å². The molecular formula is C23H16N4O6S. The van der Waals surface area contributed by atoms with Crippen LogP contribution in [0.3, 0.4) is 0 Å². The molecule has 0 fully saturated rings. The lowest BCUT2D eigenvalue weighted by Gasteiger charge is -2.04. The summed E-state index contributed by atoms with van der Waals surface area (Å²) >= 11 is 1.16. The van der Waals surface area contributed by atoms with E-state index in [9.17, 15) is 19.7 Å². The summed E-state index contributed by atoms with van der Waals surface area (Å²) in [6.45, 7) is 0. The first-order valence-electron chi connectivity index (χ1n) is 9.85. The van der Waals surface area contributed by atoms with Crippen LogP contribution in [0.15, 0.2) is 87.5 Å². The van der Waals surface area contributed by atoms with E-state index in [0.717, 1.165) is 17.3 Å². The molecule has 4 rings (SSSR count). The second kappa shape index (κ2) is 10.4. The number of esters is 1. The molecule has 0 unspecified atom stereocenters. The maximum atomic E-state index is 12.2. The highest BCUT2D eigenvalue weighted by molar-refractivity contribution is 7.99. The number of non-ortho nitro benzene ring substituents is 1. The number of rotatable bonds is 8. The van der Waals surface area contributed by atoms with Crippen LogP contribution < -0.4 is 10.2 Å². The summed E-state index contributed by atoms with van der Waals surface area (Å²) in [6.07, 6.45) is 1.45. The Morgan fingerprint density at radius 2 is 1.82 bits per heavy atom. The number of aromatic nitrogens is 1. The van der Waals surface area contributed by atoms with Gasteiger partial charge in [-0.2, -0.15) is 5.10 Å². The Bertz CT molecular complexity index is 1330. The van der Waals surface area contributed by atoms with E-state index >= 15 is 0 Å². The van der Waals surface area contributed by atoms with Crippen molar-refractivity contribution in [2.75, 3.05) is 5.75 Å². The number of hydrogen-bond donors (Lipinski definition) is 1. The molecule has 0 aliphatic heterocycles. The fourth-order valence-corrected chi connectivity index (χ4v) is 3.39. The quantitative estimate of drug-likeness (QED) is 0.0998. The topological polar surface area (TPSA) is 137 Å². The number of nitrogens with zero attached hydrogens (tertiary/aromatic N) is 3. The molecular weight excluding hydrogens is 460 g/mol. The Morgan fingerprint density at radius 1 is 1.09 bits per heavy atom. The third-order valence-electron chi connectivity index (χ3n) is 4.41. The Kier molecular flexibility index (Phi) is 6.94. The minimum absolute atomic E-state index is 0.0850. The largest absolute Gasteiger partial charge is 0.431 e. The van der Waals surface area contributed by atoms with Crippen LogP contribution in [-0.4, -0.2) is 33.8 Å². The van der Waals surface area contributed by atoms with Crippen molar-refractivity contribution in [3.63, 3.8) is 0 Å². The molecule has 0 aliphatic carbocycles. The molecule has 0 saturated heterocycles. The predicted molar refractivity (Wildman–Crippen MR) is 125 cm³/mol. The monoisotopic (exact) mass is 476 g/mol. The standard InChI is InChI=1S/C23H16N4O6S/c28-21(14-34-23-25-19-3-1-2-4-20(19)33-23)26-24-13-15-5-11-18(12-6-15)32-22(29)16-7-9-17(10-8-16)27(30)31/h1-13H,14H2,(H,26,28)/b24-13-. The van der Waals surface area contributed by atoms with E-state index in [-0.39, 0.29) is 22.9 Å². The van der Waals surface area contributed by atoms with Crippen LogP contribution in [0.1, 0.15) is 15.9 Å². The molecule has 0 spiro atoms. The minimum Gasteiger partial charge on any atom is -0.431 e. The normalized spacial score (nSPS) is 10.9. The summed E-state index contributed by atoms with van der Waals surface area (Å²) in [5.41, 5.74) is 4.55. The first kappa shape index (κ1) is 22.7. The summed E-state index contributed by atoms with van der Waals surface area (Å²) in [4.78, 5) is 38.6. The third kappa shape index (κ3) is 5.84. The molecule has 1 heterocycles. The molecule has 1 aromatic heterocycles. The number of nitrogens with one attached hydrogen (secondary N) is 1. The van der Waals surface area contributed by atoms with E-state index in [1.54, 1.807) is 30.3 Å². The van der Waals surface area contributed by atoms with Gasteiger partial charge in [-0.1, -0.05) is 23.9 Å². The van der Waals surface area contributed by atoms with Gasteiger partial charge in [0.2, 0.25) is 0 Å². The number of para-hydroxylation sites is 2. The first-order valence-corrected chi connectivity index (χ1v) is 10.8. The SMILES string of the molecule is O=C(CSc1nc2ccccc2o1)N/N=C\c1ccc(OC(=O)c2ccc([N+](=O)[O-])cc2)cc1. The molecule has 0 radical (unpaired) electrons. The van der Waals surface area contributed by atoms with Crippen molar-refractivity contribution in [3.8, 4) is 5.75 Å². The Morgan fingerprint density at radius 3 is 2.53 bits per heavy atom. The van der Waals surface area contributed by atoms with Gasteiger partial charge in [-0.3, -0.25) is 14.9 Å². The van der Waals surface area contributed by atoms with Crippen molar-refractivity contribution < 1.29 is 23.7 Å². The molecule has 4 aromatic rings.